The van der Waals surface area contributed by atoms with E-state index in [1.165, 1.54) is 0 Å². The Kier molecular flexibility index (Phi) is 14.1. The van der Waals surface area contributed by atoms with E-state index in [0.29, 0.717) is 55.7 Å². The number of aromatic nitrogens is 3. The molecule has 17 nitrogen and oxygen atoms in total. The number of imide groups is 1. The van der Waals surface area contributed by atoms with Gasteiger partial charge in [-0.05, 0) is 68.1 Å². The van der Waals surface area contributed by atoms with Crippen molar-refractivity contribution in [1.82, 2.24) is 40.5 Å². The number of halogens is 1. The number of amides is 5. The SMILES string of the molecule is Cc1sc2c(c1C)C(c1ccc(Cl)cc1)=NC(CC(=O)NCCOCCNC(=O)C(c1ccc(CNc3cccc4c3CN(C3CCC(=O)NC3=O)C4=O)cc1)N1CCOCC1)c1nnc(C)n1-2. The molecule has 68 heavy (non-hydrogen) atoms. The summed E-state index contributed by atoms with van der Waals surface area (Å²) >= 11 is 7.91. The number of aliphatic imine (C=N–C) groups is 1. The van der Waals surface area contributed by atoms with Crippen LogP contribution in [-0.2, 0) is 41.7 Å². The smallest absolute Gasteiger partial charge is 0.255 e. The molecule has 4 aliphatic heterocycles. The van der Waals surface area contributed by atoms with Crippen molar-refractivity contribution in [3.8, 4) is 5.00 Å². The molecule has 2 fully saturated rings. The molecule has 0 aliphatic carbocycles. The number of fused-ring (bicyclic) bond motifs is 4. The molecule has 0 bridgehead atoms. The summed E-state index contributed by atoms with van der Waals surface area (Å²) in [6.45, 7) is 10.1. The van der Waals surface area contributed by atoms with Gasteiger partial charge in [0, 0.05) is 83.5 Å². The van der Waals surface area contributed by atoms with Crippen LogP contribution in [0.1, 0.15) is 91.6 Å². The fourth-order valence-corrected chi connectivity index (χ4v) is 10.6. The topological polar surface area (TPSA) is 201 Å². The number of benzene rings is 3. The standard InChI is InChI=1S/C49H53ClN10O7S/c1-28-29(2)68-49-42(28)43(32-11-13-34(50)14-12-32)54-38(45-57-56-30(3)60(45)49)25-41(62)51-17-21-66-22-18-52-47(64)44(58-19-23-67-24-20-58)33-9-7-31(8-10-33)26-53-37-6-4-5-35-36(37)27-59(48(35)65)39-15-16-40(61)55-46(39)63/h4-14,38-39,44,53H,15-27H2,1-3H3,(H,51,62)(H,52,64)(H,55,61,63). The molecule has 5 aromatic rings. The van der Waals surface area contributed by atoms with Crippen LogP contribution in [0.3, 0.4) is 0 Å². The van der Waals surface area contributed by atoms with E-state index >= 15 is 0 Å². The molecule has 354 valence electrons. The molecule has 3 aromatic carbocycles. The third-order valence-corrected chi connectivity index (χ3v) is 14.3. The van der Waals surface area contributed by atoms with Gasteiger partial charge in [0.15, 0.2) is 5.82 Å². The first-order valence-corrected chi connectivity index (χ1v) is 24.0. The van der Waals surface area contributed by atoms with E-state index in [1.54, 1.807) is 22.3 Å². The van der Waals surface area contributed by atoms with Crippen LogP contribution in [0.5, 0.6) is 0 Å². The Morgan fingerprint density at radius 2 is 1.71 bits per heavy atom. The fraction of sp³-hybridized carbons (Fsp3) is 0.388. The largest absolute Gasteiger partial charge is 0.381 e. The number of nitrogens with zero attached hydrogens (tertiary/aromatic N) is 6. The van der Waals surface area contributed by atoms with E-state index in [2.05, 4.69) is 50.2 Å². The average molecular weight is 962 g/mol. The van der Waals surface area contributed by atoms with Crippen molar-refractivity contribution in [2.24, 2.45) is 4.99 Å². The van der Waals surface area contributed by atoms with Gasteiger partial charge in [0.05, 0.1) is 38.6 Å². The first-order chi connectivity index (χ1) is 32.9. The number of ether oxygens (including phenoxy) is 2. The summed E-state index contributed by atoms with van der Waals surface area (Å²) in [6.07, 6.45) is 0.554. The van der Waals surface area contributed by atoms with E-state index in [1.807, 2.05) is 72.2 Å². The summed E-state index contributed by atoms with van der Waals surface area (Å²) in [6, 6.07) is 19.1. The Morgan fingerprint density at radius 1 is 0.956 bits per heavy atom. The fourth-order valence-electron chi connectivity index (χ4n) is 9.22. The minimum atomic E-state index is -0.687. The van der Waals surface area contributed by atoms with Crippen molar-refractivity contribution in [1.29, 1.82) is 0 Å². The van der Waals surface area contributed by atoms with Gasteiger partial charge >= 0.3 is 0 Å². The quantitative estimate of drug-likeness (QED) is 0.0776. The van der Waals surface area contributed by atoms with Crippen LogP contribution in [-0.4, -0.2) is 118 Å². The first-order valence-electron chi connectivity index (χ1n) is 22.8. The number of piperidine rings is 1. The van der Waals surface area contributed by atoms with Crippen molar-refractivity contribution >= 4 is 63.9 Å². The summed E-state index contributed by atoms with van der Waals surface area (Å²) in [5.74, 6) is -0.0183. The third kappa shape index (κ3) is 9.82. The first kappa shape index (κ1) is 46.8. The monoisotopic (exact) mass is 960 g/mol. The van der Waals surface area contributed by atoms with Crippen LogP contribution < -0.4 is 21.3 Å². The number of morpholine rings is 1. The number of carbonyl (C=O) groups is 5. The van der Waals surface area contributed by atoms with Gasteiger partial charge in [0.25, 0.3) is 5.91 Å². The Hall–Kier alpha value is -6.31. The van der Waals surface area contributed by atoms with Crippen LogP contribution in [0.2, 0.25) is 5.02 Å². The zero-order valence-corrected chi connectivity index (χ0v) is 39.7. The van der Waals surface area contributed by atoms with E-state index in [-0.39, 0.29) is 69.3 Å². The van der Waals surface area contributed by atoms with Gasteiger partial charge in [-0.25, -0.2) is 0 Å². The molecule has 4 N–H and O–H groups in total. The summed E-state index contributed by atoms with van der Waals surface area (Å²) in [4.78, 5) is 74.9. The van der Waals surface area contributed by atoms with Crippen LogP contribution in [0, 0.1) is 20.8 Å². The van der Waals surface area contributed by atoms with E-state index in [9.17, 15) is 24.0 Å². The number of rotatable bonds is 16. The number of hydrogen-bond acceptors (Lipinski definition) is 13. The maximum absolute atomic E-state index is 13.8. The lowest BCUT2D eigenvalue weighted by atomic mass is 9.99. The number of nitrogens with one attached hydrogen (secondary N) is 4. The second kappa shape index (κ2) is 20.5. The van der Waals surface area contributed by atoms with Gasteiger partial charge in [0.2, 0.25) is 23.6 Å². The van der Waals surface area contributed by atoms with Crippen molar-refractivity contribution in [2.45, 2.75) is 71.2 Å². The molecule has 3 unspecified atom stereocenters. The lowest BCUT2D eigenvalue weighted by Gasteiger charge is -2.34. The average Bonchev–Trinajstić information content (AvgIpc) is 3.95. The summed E-state index contributed by atoms with van der Waals surface area (Å²) in [7, 11) is 0. The van der Waals surface area contributed by atoms with Crippen LogP contribution in [0.4, 0.5) is 5.69 Å². The number of carbonyl (C=O) groups excluding carboxylic acids is 5. The van der Waals surface area contributed by atoms with Gasteiger partial charge in [-0.1, -0.05) is 54.1 Å². The highest BCUT2D eigenvalue weighted by atomic mass is 35.5. The zero-order chi connectivity index (χ0) is 47.5. The molecule has 6 heterocycles. The molecular weight excluding hydrogens is 908 g/mol. The highest BCUT2D eigenvalue weighted by molar-refractivity contribution is 7.15. The molecular formula is C49H53ClN10O7S. The normalized spacial score (nSPS) is 18.5. The van der Waals surface area contributed by atoms with Crippen LogP contribution >= 0.6 is 22.9 Å². The van der Waals surface area contributed by atoms with Gasteiger partial charge in [-0.3, -0.25) is 43.7 Å². The maximum Gasteiger partial charge on any atom is 0.255 e. The van der Waals surface area contributed by atoms with Crippen molar-refractivity contribution < 1.29 is 33.4 Å². The molecule has 19 heteroatoms. The molecule has 0 saturated carbocycles. The summed E-state index contributed by atoms with van der Waals surface area (Å²) < 4.78 is 13.5. The molecule has 2 aromatic heterocycles. The molecule has 9 rings (SSSR count). The van der Waals surface area contributed by atoms with Gasteiger partial charge in [-0.2, -0.15) is 0 Å². The van der Waals surface area contributed by atoms with Gasteiger partial charge < -0.3 is 30.3 Å². The highest BCUT2D eigenvalue weighted by Crippen LogP contribution is 2.40. The lowest BCUT2D eigenvalue weighted by Crippen LogP contribution is -2.52. The summed E-state index contributed by atoms with van der Waals surface area (Å²) in [5.41, 5.74) is 7.76. The Bertz CT molecular complexity index is 2770. The lowest BCUT2D eigenvalue weighted by molar-refractivity contribution is -0.137. The van der Waals surface area contributed by atoms with E-state index in [4.69, 9.17) is 26.1 Å². The molecule has 3 atom stereocenters. The third-order valence-electron chi connectivity index (χ3n) is 12.9. The molecule has 2 saturated heterocycles. The number of hydrogen-bond donors (Lipinski definition) is 4. The molecule has 4 aliphatic rings. The highest BCUT2D eigenvalue weighted by Gasteiger charge is 2.40. The van der Waals surface area contributed by atoms with Crippen LogP contribution in [0.25, 0.3) is 5.00 Å². The number of thiophene rings is 1. The predicted molar refractivity (Wildman–Crippen MR) is 256 cm³/mol. The summed E-state index contributed by atoms with van der Waals surface area (Å²) in [5, 5.41) is 22.3. The second-order valence-corrected chi connectivity index (χ2v) is 18.9. The Balaban J connectivity index is 0.766. The van der Waals surface area contributed by atoms with Crippen molar-refractivity contribution in [2.75, 3.05) is 57.9 Å². The van der Waals surface area contributed by atoms with Gasteiger partial charge in [-0.15, -0.1) is 21.5 Å². The molecule has 5 amide bonds. The van der Waals surface area contributed by atoms with Gasteiger partial charge in [0.1, 0.15) is 29.0 Å². The second-order valence-electron chi connectivity index (χ2n) is 17.2. The number of aryl methyl sites for hydroxylation is 2. The number of anilines is 1. The zero-order valence-electron chi connectivity index (χ0n) is 38.1. The van der Waals surface area contributed by atoms with E-state index in [0.717, 1.165) is 60.5 Å². The minimum Gasteiger partial charge on any atom is -0.381 e. The van der Waals surface area contributed by atoms with Crippen molar-refractivity contribution in [3.63, 3.8) is 0 Å². The van der Waals surface area contributed by atoms with E-state index < -0.39 is 24.0 Å². The minimum absolute atomic E-state index is 0.0582. The molecule has 0 radical (unpaired) electrons. The maximum atomic E-state index is 13.8. The van der Waals surface area contributed by atoms with Crippen molar-refractivity contribution in [3.05, 3.63) is 127 Å². The molecule has 0 spiro atoms. The predicted octanol–water partition coefficient (Wildman–Crippen LogP) is 4.89. The Morgan fingerprint density at radius 3 is 2.46 bits per heavy atom. The van der Waals surface area contributed by atoms with Crippen LogP contribution in [0.15, 0.2) is 71.7 Å². The Labute approximate surface area is 402 Å².